The third-order valence-corrected chi connectivity index (χ3v) is 2.91. The summed E-state index contributed by atoms with van der Waals surface area (Å²) in [4.78, 5) is 15.8. The molecule has 0 aliphatic carbocycles. The molecule has 1 amide bonds. The van der Waals surface area contributed by atoms with Crippen molar-refractivity contribution in [1.82, 2.24) is 10.3 Å². The van der Waals surface area contributed by atoms with Gasteiger partial charge in [0.15, 0.2) is 0 Å². The van der Waals surface area contributed by atoms with Crippen molar-refractivity contribution in [3.05, 3.63) is 29.6 Å². The number of pyridine rings is 1. The fourth-order valence-corrected chi connectivity index (χ4v) is 1.86. The van der Waals surface area contributed by atoms with Gasteiger partial charge in [0.1, 0.15) is 11.8 Å². The van der Waals surface area contributed by atoms with Crippen molar-refractivity contribution in [3.63, 3.8) is 0 Å². The Labute approximate surface area is 113 Å². The number of nitrogens with one attached hydrogen (secondary N) is 1. The van der Waals surface area contributed by atoms with E-state index in [1.807, 2.05) is 6.07 Å². The van der Waals surface area contributed by atoms with Crippen molar-refractivity contribution in [3.8, 4) is 6.07 Å². The van der Waals surface area contributed by atoms with E-state index >= 15 is 0 Å². The largest absolute Gasteiger partial charge is 0.396 e. The monoisotopic (exact) mass is 261 g/mol. The van der Waals surface area contributed by atoms with Crippen LogP contribution in [0.15, 0.2) is 18.3 Å². The van der Waals surface area contributed by atoms with Crippen molar-refractivity contribution in [1.29, 1.82) is 5.26 Å². The van der Waals surface area contributed by atoms with E-state index in [0.29, 0.717) is 24.2 Å². The maximum absolute atomic E-state index is 11.8. The third kappa shape index (κ3) is 5.06. The predicted molar refractivity (Wildman–Crippen MR) is 71.4 cm³/mol. The number of nitriles is 1. The van der Waals surface area contributed by atoms with Crippen molar-refractivity contribution in [2.24, 2.45) is 5.92 Å². The van der Waals surface area contributed by atoms with Gasteiger partial charge in [-0.3, -0.25) is 4.79 Å². The minimum atomic E-state index is -0.247. The fraction of sp³-hybridized carbons (Fsp3) is 0.500. The molecule has 19 heavy (non-hydrogen) atoms. The van der Waals surface area contributed by atoms with Crippen molar-refractivity contribution in [2.75, 3.05) is 13.2 Å². The van der Waals surface area contributed by atoms with Crippen molar-refractivity contribution < 1.29 is 9.90 Å². The summed E-state index contributed by atoms with van der Waals surface area (Å²) >= 11 is 0. The van der Waals surface area contributed by atoms with Gasteiger partial charge in [-0.1, -0.05) is 13.3 Å². The number of aliphatic hydroxyl groups excluding tert-OH is 1. The molecule has 0 bridgehead atoms. The van der Waals surface area contributed by atoms with E-state index in [1.165, 1.54) is 12.3 Å². The van der Waals surface area contributed by atoms with Crippen LogP contribution in [0.4, 0.5) is 0 Å². The standard InChI is InChI=1S/C14H19N3O2/c1-2-3-11(6-7-18)9-17-14(19)13-5-4-12(8-15)10-16-13/h4-5,10-11,18H,2-3,6-7,9H2,1H3,(H,17,19). The van der Waals surface area contributed by atoms with E-state index in [9.17, 15) is 4.79 Å². The summed E-state index contributed by atoms with van der Waals surface area (Å²) in [5, 5.41) is 20.4. The lowest BCUT2D eigenvalue weighted by atomic mass is 10.0. The van der Waals surface area contributed by atoms with Crippen LogP contribution < -0.4 is 5.32 Å². The summed E-state index contributed by atoms with van der Waals surface area (Å²) in [6.45, 7) is 2.75. The molecule has 2 N–H and O–H groups in total. The number of aromatic nitrogens is 1. The molecule has 5 nitrogen and oxygen atoms in total. The molecule has 1 atom stereocenters. The number of amides is 1. The first-order valence-electron chi connectivity index (χ1n) is 6.46. The van der Waals surface area contributed by atoms with Crippen molar-refractivity contribution >= 4 is 5.91 Å². The molecule has 0 aromatic carbocycles. The molecule has 0 saturated heterocycles. The SMILES string of the molecule is CCCC(CCO)CNC(=O)c1ccc(C#N)cn1. The number of rotatable bonds is 7. The highest BCUT2D eigenvalue weighted by Crippen LogP contribution is 2.09. The van der Waals surface area contributed by atoms with Gasteiger partial charge in [-0.2, -0.15) is 5.26 Å². The second kappa shape index (κ2) is 8.22. The average Bonchev–Trinajstić information content (AvgIpc) is 2.45. The molecule has 1 rings (SSSR count). The van der Waals surface area contributed by atoms with E-state index in [2.05, 4.69) is 17.2 Å². The lowest BCUT2D eigenvalue weighted by Gasteiger charge is -2.15. The molecular formula is C14H19N3O2. The highest BCUT2D eigenvalue weighted by molar-refractivity contribution is 5.92. The van der Waals surface area contributed by atoms with Gasteiger partial charge in [0, 0.05) is 19.3 Å². The van der Waals surface area contributed by atoms with E-state index in [4.69, 9.17) is 10.4 Å². The lowest BCUT2D eigenvalue weighted by Crippen LogP contribution is -2.30. The van der Waals surface area contributed by atoms with Gasteiger partial charge in [0.05, 0.1) is 5.56 Å². The quantitative estimate of drug-likeness (QED) is 0.778. The summed E-state index contributed by atoms with van der Waals surface area (Å²) in [5.41, 5.74) is 0.735. The van der Waals surface area contributed by atoms with Crippen LogP contribution in [0, 0.1) is 17.2 Å². The Bertz CT molecular complexity index is 431. The van der Waals surface area contributed by atoms with E-state index < -0.39 is 0 Å². The molecule has 0 spiro atoms. The highest BCUT2D eigenvalue weighted by Gasteiger charge is 2.11. The van der Waals surface area contributed by atoms with Crippen LogP contribution in [0.3, 0.4) is 0 Å². The minimum absolute atomic E-state index is 0.135. The molecule has 102 valence electrons. The second-order valence-electron chi connectivity index (χ2n) is 4.42. The first-order chi connectivity index (χ1) is 9.21. The molecule has 1 unspecified atom stereocenters. The van der Waals surface area contributed by atoms with Crippen LogP contribution >= 0.6 is 0 Å². The van der Waals surface area contributed by atoms with Gasteiger partial charge in [-0.25, -0.2) is 4.98 Å². The van der Waals surface area contributed by atoms with Crippen LogP contribution in [-0.2, 0) is 0 Å². The summed E-state index contributed by atoms with van der Waals surface area (Å²) in [6, 6.07) is 5.06. The zero-order valence-corrected chi connectivity index (χ0v) is 11.1. The molecule has 1 heterocycles. The molecular weight excluding hydrogens is 242 g/mol. The Morgan fingerprint density at radius 1 is 1.53 bits per heavy atom. The van der Waals surface area contributed by atoms with Gasteiger partial charge < -0.3 is 10.4 Å². The van der Waals surface area contributed by atoms with E-state index in [-0.39, 0.29) is 18.4 Å². The molecule has 0 fully saturated rings. The van der Waals surface area contributed by atoms with Gasteiger partial charge in [0.2, 0.25) is 0 Å². The number of carbonyl (C=O) groups excluding carboxylic acids is 1. The van der Waals surface area contributed by atoms with Gasteiger partial charge >= 0.3 is 0 Å². The number of aliphatic hydroxyl groups is 1. The van der Waals surface area contributed by atoms with Gasteiger partial charge in [0.25, 0.3) is 5.91 Å². The van der Waals surface area contributed by atoms with Crippen LogP contribution in [0.2, 0.25) is 0 Å². The average molecular weight is 261 g/mol. The summed E-state index contributed by atoms with van der Waals surface area (Å²) in [6.07, 6.45) is 4.07. The fourth-order valence-electron chi connectivity index (χ4n) is 1.86. The first-order valence-corrected chi connectivity index (χ1v) is 6.46. The molecule has 0 aliphatic rings. The van der Waals surface area contributed by atoms with Crippen LogP contribution in [0.25, 0.3) is 0 Å². The second-order valence-corrected chi connectivity index (χ2v) is 4.42. The van der Waals surface area contributed by atoms with Crippen LogP contribution in [0.5, 0.6) is 0 Å². The first kappa shape index (κ1) is 15.1. The van der Waals surface area contributed by atoms with Crippen molar-refractivity contribution in [2.45, 2.75) is 26.2 Å². The Morgan fingerprint density at radius 2 is 2.32 bits per heavy atom. The smallest absolute Gasteiger partial charge is 0.269 e. The lowest BCUT2D eigenvalue weighted by molar-refractivity contribution is 0.0938. The number of hydrogen-bond acceptors (Lipinski definition) is 4. The summed E-state index contributed by atoms with van der Waals surface area (Å²) in [5.74, 6) is 0.0425. The summed E-state index contributed by atoms with van der Waals surface area (Å²) < 4.78 is 0. The normalized spacial score (nSPS) is 11.6. The van der Waals surface area contributed by atoms with Crippen LogP contribution in [-0.4, -0.2) is 29.1 Å². The zero-order chi connectivity index (χ0) is 14.1. The Balaban J connectivity index is 2.51. The molecule has 5 heteroatoms. The Morgan fingerprint density at radius 3 is 2.84 bits per heavy atom. The molecule has 1 aromatic heterocycles. The minimum Gasteiger partial charge on any atom is -0.396 e. The Hall–Kier alpha value is -1.93. The molecule has 1 aromatic rings. The maximum Gasteiger partial charge on any atom is 0.269 e. The number of nitrogens with zero attached hydrogens (tertiary/aromatic N) is 2. The van der Waals surface area contributed by atoms with E-state index in [1.54, 1.807) is 6.07 Å². The maximum atomic E-state index is 11.8. The topological polar surface area (TPSA) is 86.0 Å². The van der Waals surface area contributed by atoms with E-state index in [0.717, 1.165) is 12.8 Å². The highest BCUT2D eigenvalue weighted by atomic mass is 16.3. The predicted octanol–water partition coefficient (Wildman–Crippen LogP) is 1.48. The Kier molecular flexibility index (Phi) is 6.55. The number of hydrogen-bond donors (Lipinski definition) is 2. The third-order valence-electron chi connectivity index (χ3n) is 2.91. The molecule has 0 aliphatic heterocycles. The van der Waals surface area contributed by atoms with Gasteiger partial charge in [-0.05, 0) is 30.9 Å². The number of carbonyl (C=O) groups is 1. The molecule has 0 radical (unpaired) electrons. The van der Waals surface area contributed by atoms with Gasteiger partial charge in [-0.15, -0.1) is 0 Å². The molecule has 0 saturated carbocycles. The van der Waals surface area contributed by atoms with Crippen LogP contribution in [0.1, 0.15) is 42.2 Å². The summed E-state index contributed by atoms with van der Waals surface area (Å²) in [7, 11) is 0. The zero-order valence-electron chi connectivity index (χ0n) is 11.1.